The van der Waals surface area contributed by atoms with Gasteiger partial charge in [0.15, 0.2) is 6.10 Å². The fourth-order valence-corrected chi connectivity index (χ4v) is 2.63. The van der Waals surface area contributed by atoms with Gasteiger partial charge in [0.1, 0.15) is 24.9 Å². The number of aliphatic hydroxyl groups is 2. The van der Waals surface area contributed by atoms with Crippen LogP contribution < -0.4 is 5.06 Å². The van der Waals surface area contributed by atoms with E-state index in [1.54, 1.807) is 30.3 Å². The quantitative estimate of drug-likeness (QED) is 0.499. The summed E-state index contributed by atoms with van der Waals surface area (Å²) in [7, 11) is 0. The fraction of sp³-hybridized carbons (Fsp3) is 0.500. The Hall–Kier alpha value is -2.53. The third-order valence-electron chi connectivity index (χ3n) is 3.88. The number of hydrogen-bond acceptors (Lipinski definition) is 9. The normalized spacial score (nSPS) is 27.0. The van der Waals surface area contributed by atoms with E-state index < -0.39 is 48.6 Å². The number of anilines is 1. The summed E-state index contributed by atoms with van der Waals surface area (Å²) in [5.74, 6) is -1.87. The van der Waals surface area contributed by atoms with E-state index in [9.17, 15) is 24.6 Å². The van der Waals surface area contributed by atoms with E-state index in [2.05, 4.69) is 0 Å². The average Bonchev–Trinajstić information content (AvgIpc) is 2.64. The van der Waals surface area contributed by atoms with Crippen LogP contribution in [0.2, 0.25) is 0 Å². The van der Waals surface area contributed by atoms with Crippen LogP contribution in [-0.2, 0) is 33.4 Å². The average molecular weight is 397 g/mol. The molecule has 1 fully saturated rings. The molecule has 1 amide bonds. The molecule has 10 heteroatoms. The van der Waals surface area contributed by atoms with Crippen molar-refractivity contribution in [1.29, 1.82) is 0 Å². The first-order valence-corrected chi connectivity index (χ1v) is 8.55. The third-order valence-corrected chi connectivity index (χ3v) is 3.88. The summed E-state index contributed by atoms with van der Waals surface area (Å²) in [4.78, 5) is 40.1. The number of hydrogen-bond donors (Lipinski definition) is 2. The molecule has 154 valence electrons. The van der Waals surface area contributed by atoms with Gasteiger partial charge in [0.25, 0.3) is 0 Å². The zero-order valence-corrected chi connectivity index (χ0v) is 15.7. The lowest BCUT2D eigenvalue weighted by Gasteiger charge is -2.42. The van der Waals surface area contributed by atoms with Crippen LogP contribution in [0.1, 0.15) is 20.8 Å². The van der Waals surface area contributed by atoms with E-state index in [1.807, 2.05) is 0 Å². The molecular weight excluding hydrogens is 374 g/mol. The Morgan fingerprint density at radius 1 is 1.04 bits per heavy atom. The van der Waals surface area contributed by atoms with Gasteiger partial charge in [-0.3, -0.25) is 14.4 Å². The molecule has 0 spiro atoms. The molecule has 2 N–H and O–H groups in total. The second-order valence-electron chi connectivity index (χ2n) is 6.16. The highest BCUT2D eigenvalue weighted by atomic mass is 16.8. The number of carbonyl (C=O) groups excluding carboxylic acids is 3. The van der Waals surface area contributed by atoms with Crippen LogP contribution in [0.4, 0.5) is 5.69 Å². The number of amides is 1. The Morgan fingerprint density at radius 2 is 1.68 bits per heavy atom. The molecule has 1 aliphatic heterocycles. The maximum Gasteiger partial charge on any atom is 0.303 e. The first-order valence-electron chi connectivity index (χ1n) is 8.55. The summed E-state index contributed by atoms with van der Waals surface area (Å²) >= 11 is 0. The van der Waals surface area contributed by atoms with Gasteiger partial charge in [-0.15, -0.1) is 0 Å². The standard InChI is InChI=1S/C18H23NO9/c1-10(20)19(13-7-5-4-6-8-13)28-18-17(26-12(3)22)16(24)15(23)14(27-18)9-25-11(2)21/h4-8,14-18,23-24H,9H2,1-3H3/t14-,15-,16+,17-,18+/m1/s1. The molecule has 1 aromatic carbocycles. The minimum atomic E-state index is -1.60. The lowest BCUT2D eigenvalue weighted by molar-refractivity contribution is -0.305. The Labute approximate surface area is 161 Å². The number of aliphatic hydroxyl groups excluding tert-OH is 2. The van der Waals surface area contributed by atoms with Gasteiger partial charge in [-0.1, -0.05) is 18.2 Å². The molecule has 1 aromatic rings. The highest BCUT2D eigenvalue weighted by Crippen LogP contribution is 2.27. The SMILES string of the molecule is CC(=O)OC[C@H]1O[C@@H](ON(C(C)=O)c2ccccc2)[C@H](OC(C)=O)[C@@H](O)[C@@H]1O. The largest absolute Gasteiger partial charge is 0.463 e. The molecule has 0 aliphatic carbocycles. The van der Waals surface area contributed by atoms with Crippen molar-refractivity contribution in [2.75, 3.05) is 11.7 Å². The van der Waals surface area contributed by atoms with E-state index in [0.29, 0.717) is 5.69 Å². The summed E-state index contributed by atoms with van der Waals surface area (Å²) in [6.07, 6.45) is -7.17. The first-order chi connectivity index (χ1) is 13.2. The van der Waals surface area contributed by atoms with E-state index in [1.165, 1.54) is 13.8 Å². The molecule has 0 unspecified atom stereocenters. The predicted molar refractivity (Wildman–Crippen MR) is 93.5 cm³/mol. The monoisotopic (exact) mass is 397 g/mol. The summed E-state index contributed by atoms with van der Waals surface area (Å²) in [5, 5.41) is 21.5. The van der Waals surface area contributed by atoms with Crippen LogP contribution >= 0.6 is 0 Å². The van der Waals surface area contributed by atoms with Gasteiger partial charge in [-0.05, 0) is 12.1 Å². The van der Waals surface area contributed by atoms with Gasteiger partial charge in [-0.2, -0.15) is 5.06 Å². The molecule has 0 bridgehead atoms. The lowest BCUT2D eigenvalue weighted by atomic mass is 9.99. The number of benzene rings is 1. The predicted octanol–water partition coefficient (Wildman–Crippen LogP) is -0.0874. The number of hydroxylamine groups is 1. The van der Waals surface area contributed by atoms with Crippen molar-refractivity contribution >= 4 is 23.5 Å². The van der Waals surface area contributed by atoms with E-state index in [4.69, 9.17) is 19.0 Å². The van der Waals surface area contributed by atoms with Crippen LogP contribution in [0, 0.1) is 0 Å². The number of ether oxygens (including phenoxy) is 3. The number of rotatable bonds is 6. The molecule has 0 radical (unpaired) electrons. The maximum absolute atomic E-state index is 12.0. The Balaban J connectivity index is 2.27. The molecule has 1 saturated heterocycles. The number of esters is 2. The molecule has 1 aliphatic rings. The number of nitrogens with zero attached hydrogens (tertiary/aromatic N) is 1. The summed E-state index contributed by atoms with van der Waals surface area (Å²) in [6, 6.07) is 8.32. The highest BCUT2D eigenvalue weighted by Gasteiger charge is 2.48. The molecule has 0 saturated carbocycles. The van der Waals surface area contributed by atoms with Crippen molar-refractivity contribution in [2.24, 2.45) is 0 Å². The highest BCUT2D eigenvalue weighted by molar-refractivity contribution is 5.89. The van der Waals surface area contributed by atoms with Crippen molar-refractivity contribution in [3.63, 3.8) is 0 Å². The van der Waals surface area contributed by atoms with Crippen molar-refractivity contribution in [2.45, 2.75) is 51.5 Å². The topological polar surface area (TPSA) is 132 Å². The second kappa shape index (κ2) is 9.60. The van der Waals surface area contributed by atoms with Gasteiger partial charge < -0.3 is 24.4 Å². The van der Waals surface area contributed by atoms with Crippen LogP contribution in [0.25, 0.3) is 0 Å². The van der Waals surface area contributed by atoms with Crippen molar-refractivity contribution < 1.29 is 43.6 Å². The van der Waals surface area contributed by atoms with Crippen LogP contribution in [0.5, 0.6) is 0 Å². The van der Waals surface area contributed by atoms with Crippen molar-refractivity contribution in [3.8, 4) is 0 Å². The molecule has 28 heavy (non-hydrogen) atoms. The lowest BCUT2D eigenvalue weighted by Crippen LogP contribution is -2.61. The van der Waals surface area contributed by atoms with Gasteiger partial charge in [0, 0.05) is 20.8 Å². The minimum Gasteiger partial charge on any atom is -0.463 e. The fourth-order valence-electron chi connectivity index (χ4n) is 2.63. The van der Waals surface area contributed by atoms with Crippen LogP contribution in [-0.4, -0.2) is 65.4 Å². The van der Waals surface area contributed by atoms with Gasteiger partial charge in [0.2, 0.25) is 12.2 Å². The van der Waals surface area contributed by atoms with E-state index in [0.717, 1.165) is 12.0 Å². The zero-order chi connectivity index (χ0) is 20.8. The van der Waals surface area contributed by atoms with E-state index in [-0.39, 0.29) is 6.61 Å². The maximum atomic E-state index is 12.0. The van der Waals surface area contributed by atoms with Gasteiger partial charge in [0.05, 0.1) is 5.69 Å². The second-order valence-corrected chi connectivity index (χ2v) is 6.16. The van der Waals surface area contributed by atoms with Crippen molar-refractivity contribution in [1.82, 2.24) is 0 Å². The zero-order valence-electron chi connectivity index (χ0n) is 15.7. The summed E-state index contributed by atoms with van der Waals surface area (Å²) < 4.78 is 15.4. The molecule has 1 heterocycles. The molecular formula is C18H23NO9. The number of carbonyl (C=O) groups is 3. The molecule has 2 rings (SSSR count). The number of para-hydroxylation sites is 1. The van der Waals surface area contributed by atoms with Gasteiger partial charge in [-0.25, -0.2) is 4.84 Å². The summed E-state index contributed by atoms with van der Waals surface area (Å²) in [5.41, 5.74) is 0.373. The Kier molecular flexibility index (Phi) is 7.46. The smallest absolute Gasteiger partial charge is 0.303 e. The van der Waals surface area contributed by atoms with Gasteiger partial charge >= 0.3 is 11.9 Å². The first kappa shape index (κ1) is 21.8. The Morgan fingerprint density at radius 3 is 2.21 bits per heavy atom. The minimum absolute atomic E-state index is 0.369. The third kappa shape index (κ3) is 5.49. The van der Waals surface area contributed by atoms with Crippen molar-refractivity contribution in [3.05, 3.63) is 30.3 Å². The summed E-state index contributed by atoms with van der Waals surface area (Å²) in [6.45, 7) is 3.17. The van der Waals surface area contributed by atoms with Crippen LogP contribution in [0.15, 0.2) is 30.3 Å². The van der Waals surface area contributed by atoms with E-state index >= 15 is 0 Å². The molecule has 0 aromatic heterocycles. The van der Waals surface area contributed by atoms with Crippen LogP contribution in [0.3, 0.4) is 0 Å². The molecule has 5 atom stereocenters. The molecule has 10 nitrogen and oxygen atoms in total. The Bertz CT molecular complexity index is 694.